The van der Waals surface area contributed by atoms with E-state index < -0.39 is 0 Å². The van der Waals surface area contributed by atoms with Gasteiger partial charge in [-0.05, 0) is 104 Å². The Morgan fingerprint density at radius 3 is 1.78 bits per heavy atom. The molecule has 0 aliphatic heterocycles. The van der Waals surface area contributed by atoms with E-state index in [2.05, 4.69) is 252 Å². The summed E-state index contributed by atoms with van der Waals surface area (Å²) < 4.78 is 9.31. The molecule has 0 aliphatic carbocycles. The van der Waals surface area contributed by atoms with Gasteiger partial charge in [0, 0.05) is 44.3 Å². The Labute approximate surface area is 376 Å². The van der Waals surface area contributed by atoms with Crippen LogP contribution in [0.25, 0.3) is 104 Å². The fourth-order valence-electron chi connectivity index (χ4n) is 10.2. The van der Waals surface area contributed by atoms with E-state index in [-0.39, 0.29) is 0 Å². The number of para-hydroxylation sites is 4. The van der Waals surface area contributed by atoms with E-state index in [9.17, 15) is 0 Å². The van der Waals surface area contributed by atoms with Gasteiger partial charge in [0.25, 0.3) is 0 Å². The fourth-order valence-corrected chi connectivity index (χ4v) is 10.2. The molecule has 3 nitrogen and oxygen atoms in total. The average molecular weight is 829 g/mol. The maximum Gasteiger partial charge on any atom is 0.145 e. The van der Waals surface area contributed by atoms with Gasteiger partial charge in [-0.3, -0.25) is 0 Å². The van der Waals surface area contributed by atoms with Crippen molar-refractivity contribution in [1.82, 2.24) is 4.57 Å². The number of furan rings is 1. The van der Waals surface area contributed by atoms with E-state index in [1.807, 2.05) is 0 Å². The molecule has 0 bridgehead atoms. The smallest absolute Gasteiger partial charge is 0.145 e. The van der Waals surface area contributed by atoms with E-state index in [1.54, 1.807) is 0 Å². The van der Waals surface area contributed by atoms with Crippen molar-refractivity contribution in [3.63, 3.8) is 0 Å². The van der Waals surface area contributed by atoms with Gasteiger partial charge in [0.15, 0.2) is 0 Å². The Morgan fingerprint density at radius 2 is 0.954 bits per heavy atom. The van der Waals surface area contributed by atoms with Crippen LogP contribution in [0.5, 0.6) is 0 Å². The van der Waals surface area contributed by atoms with Gasteiger partial charge in [0.2, 0.25) is 0 Å². The van der Waals surface area contributed by atoms with E-state index in [0.717, 1.165) is 61.4 Å². The van der Waals surface area contributed by atoms with Crippen molar-refractivity contribution in [3.05, 3.63) is 243 Å². The number of nitrogens with zero attached hydrogens (tertiary/aromatic N) is 2. The molecule has 2 heterocycles. The summed E-state index contributed by atoms with van der Waals surface area (Å²) in [5, 5.41) is 9.54. The van der Waals surface area contributed by atoms with Crippen LogP contribution in [0.3, 0.4) is 0 Å². The lowest BCUT2D eigenvalue weighted by molar-refractivity contribution is 0.670. The first kappa shape index (κ1) is 36.9. The fraction of sp³-hybridized carbons (Fsp3) is 0. The molecule has 0 radical (unpaired) electrons. The van der Waals surface area contributed by atoms with Gasteiger partial charge in [-0.25, -0.2) is 0 Å². The maximum atomic E-state index is 6.90. The van der Waals surface area contributed by atoms with E-state index in [0.29, 0.717) is 0 Å². The molecule has 0 unspecified atom stereocenters. The van der Waals surface area contributed by atoms with Gasteiger partial charge < -0.3 is 13.9 Å². The molecule has 0 saturated carbocycles. The molecule has 0 fully saturated rings. The minimum Gasteiger partial charge on any atom is -0.455 e. The summed E-state index contributed by atoms with van der Waals surface area (Å²) in [6, 6.07) is 87.6. The molecular formula is C62H40N2O. The largest absolute Gasteiger partial charge is 0.455 e. The van der Waals surface area contributed by atoms with Crippen molar-refractivity contribution in [2.45, 2.75) is 0 Å². The second-order valence-electron chi connectivity index (χ2n) is 16.8. The molecule has 0 atom stereocenters. The molecule has 13 rings (SSSR count). The predicted molar refractivity (Wildman–Crippen MR) is 274 cm³/mol. The summed E-state index contributed by atoms with van der Waals surface area (Å²) in [6.45, 7) is 0. The summed E-state index contributed by atoms with van der Waals surface area (Å²) >= 11 is 0. The number of hydrogen-bond acceptors (Lipinski definition) is 2. The van der Waals surface area contributed by atoms with Crippen LogP contribution in [0, 0.1) is 0 Å². The van der Waals surface area contributed by atoms with E-state index >= 15 is 0 Å². The number of rotatable bonds is 7. The Balaban J connectivity index is 1.01. The molecule has 0 spiro atoms. The zero-order chi connectivity index (χ0) is 42.8. The van der Waals surface area contributed by atoms with Crippen LogP contribution in [-0.4, -0.2) is 4.57 Å². The van der Waals surface area contributed by atoms with Crippen molar-refractivity contribution in [2.24, 2.45) is 0 Å². The van der Waals surface area contributed by atoms with Gasteiger partial charge in [-0.1, -0.05) is 182 Å². The minimum absolute atomic E-state index is 0.860. The molecule has 0 aliphatic rings. The van der Waals surface area contributed by atoms with Crippen molar-refractivity contribution < 1.29 is 4.42 Å². The van der Waals surface area contributed by atoms with Crippen molar-refractivity contribution in [1.29, 1.82) is 0 Å². The average Bonchev–Trinajstić information content (AvgIpc) is 3.94. The molecule has 13 aromatic rings. The van der Waals surface area contributed by atoms with Crippen molar-refractivity contribution in [3.8, 4) is 39.1 Å². The highest BCUT2D eigenvalue weighted by molar-refractivity contribution is 6.18. The zero-order valence-corrected chi connectivity index (χ0v) is 35.4. The quantitative estimate of drug-likeness (QED) is 0.149. The molecule has 65 heavy (non-hydrogen) atoms. The van der Waals surface area contributed by atoms with Gasteiger partial charge in [-0.2, -0.15) is 0 Å². The highest BCUT2D eigenvalue weighted by atomic mass is 16.3. The van der Waals surface area contributed by atoms with Crippen molar-refractivity contribution in [2.75, 3.05) is 4.90 Å². The van der Waals surface area contributed by atoms with Gasteiger partial charge >= 0.3 is 0 Å². The normalized spacial score (nSPS) is 11.7. The number of hydrogen-bond donors (Lipinski definition) is 0. The van der Waals surface area contributed by atoms with Crippen LogP contribution >= 0.6 is 0 Å². The minimum atomic E-state index is 0.860. The standard InChI is InChI=1S/C62H40N2O/c1-3-14-41(15-4-1)42-26-28-45(29-27-42)53-38-39-58(60-56-21-10-12-25-59(56)65-62(53)60)63(49-36-37-51-46(40-49)31-30-43-16-7-8-19-50(43)51)48-34-32-44(33-35-48)52-22-13-23-55-54-20-9-11-24-57(54)64(61(52)55)47-17-5-2-6-18-47/h1-40H. The van der Waals surface area contributed by atoms with E-state index in [4.69, 9.17) is 4.42 Å². The lowest BCUT2D eigenvalue weighted by atomic mass is 9.97. The summed E-state index contributed by atoms with van der Waals surface area (Å²) in [5.41, 5.74) is 15.3. The third kappa shape index (κ3) is 6.05. The molecule has 0 N–H and O–H groups in total. The number of anilines is 3. The Kier molecular flexibility index (Phi) is 8.53. The highest BCUT2D eigenvalue weighted by Crippen LogP contribution is 2.47. The van der Waals surface area contributed by atoms with Crippen LogP contribution in [0.15, 0.2) is 247 Å². The molecule has 11 aromatic carbocycles. The van der Waals surface area contributed by atoms with Crippen LogP contribution in [0.1, 0.15) is 0 Å². The summed E-state index contributed by atoms with van der Waals surface area (Å²) in [4.78, 5) is 2.41. The van der Waals surface area contributed by atoms with Crippen LogP contribution in [0.2, 0.25) is 0 Å². The lowest BCUT2D eigenvalue weighted by Crippen LogP contribution is -2.10. The molecule has 304 valence electrons. The van der Waals surface area contributed by atoms with Gasteiger partial charge in [-0.15, -0.1) is 0 Å². The van der Waals surface area contributed by atoms with E-state index in [1.165, 1.54) is 60.0 Å². The Hall–Kier alpha value is -8.66. The van der Waals surface area contributed by atoms with Crippen LogP contribution in [-0.2, 0) is 0 Å². The highest BCUT2D eigenvalue weighted by Gasteiger charge is 2.23. The monoisotopic (exact) mass is 828 g/mol. The van der Waals surface area contributed by atoms with Gasteiger partial charge in [0.1, 0.15) is 11.2 Å². The van der Waals surface area contributed by atoms with Gasteiger partial charge in [0.05, 0.1) is 22.1 Å². The van der Waals surface area contributed by atoms with Crippen molar-refractivity contribution >= 4 is 82.4 Å². The second-order valence-corrected chi connectivity index (χ2v) is 16.8. The third-order valence-corrected chi connectivity index (χ3v) is 13.2. The second kappa shape index (κ2) is 15.0. The maximum absolute atomic E-state index is 6.90. The van der Waals surface area contributed by atoms with Crippen LogP contribution in [0.4, 0.5) is 17.1 Å². The topological polar surface area (TPSA) is 21.3 Å². The zero-order valence-electron chi connectivity index (χ0n) is 35.4. The molecule has 3 heteroatoms. The molecule has 0 saturated heterocycles. The first-order valence-corrected chi connectivity index (χ1v) is 22.2. The summed E-state index contributed by atoms with van der Waals surface area (Å²) in [6.07, 6.45) is 0. The predicted octanol–water partition coefficient (Wildman–Crippen LogP) is 17.5. The summed E-state index contributed by atoms with van der Waals surface area (Å²) in [7, 11) is 0. The molecular weight excluding hydrogens is 789 g/mol. The lowest BCUT2D eigenvalue weighted by Gasteiger charge is -2.27. The number of benzene rings is 11. The first-order valence-electron chi connectivity index (χ1n) is 22.2. The first-order chi connectivity index (χ1) is 32.2. The Morgan fingerprint density at radius 1 is 0.354 bits per heavy atom. The molecule has 0 amide bonds. The summed E-state index contributed by atoms with van der Waals surface area (Å²) in [5.74, 6) is 0. The number of aromatic nitrogens is 1. The molecule has 2 aromatic heterocycles. The van der Waals surface area contributed by atoms with Crippen LogP contribution < -0.4 is 4.90 Å². The SMILES string of the molecule is c1ccc(-c2ccc(-c3ccc(N(c4ccc(-c5cccc6c7ccccc7n(-c7ccccc7)c56)cc4)c4ccc5c(ccc6ccccc65)c4)c4c3oc3ccccc34)cc2)cc1. The number of fused-ring (bicyclic) bond motifs is 9. The Bertz CT molecular complexity index is 3920. The third-order valence-electron chi connectivity index (χ3n) is 13.2.